The van der Waals surface area contributed by atoms with Gasteiger partial charge in [0.05, 0.1) is 18.9 Å². The maximum atomic E-state index is 9.25. The van der Waals surface area contributed by atoms with E-state index in [-0.39, 0.29) is 6.61 Å². The van der Waals surface area contributed by atoms with Crippen molar-refractivity contribution in [3.63, 3.8) is 0 Å². The Balaban J connectivity index is 2.34. The number of ether oxygens (including phenoxy) is 1. The van der Waals surface area contributed by atoms with E-state index >= 15 is 0 Å². The standard InChI is InChI=1S/C17H21NO2/c1-3-4-9-20-17-6-5-13(2)10-15(17)16-11-14(12-19)7-8-18-16/h5-8,10-11,19H,3-4,9,12H2,1-2H3. The zero-order valence-corrected chi connectivity index (χ0v) is 12.1. The highest BCUT2D eigenvalue weighted by molar-refractivity contribution is 5.68. The zero-order valence-electron chi connectivity index (χ0n) is 12.1. The van der Waals surface area contributed by atoms with Gasteiger partial charge in [-0.15, -0.1) is 0 Å². The van der Waals surface area contributed by atoms with Gasteiger partial charge in [-0.25, -0.2) is 0 Å². The second kappa shape index (κ2) is 7.06. The minimum absolute atomic E-state index is 0.0212. The van der Waals surface area contributed by atoms with Crippen molar-refractivity contribution in [2.75, 3.05) is 6.61 Å². The van der Waals surface area contributed by atoms with Gasteiger partial charge >= 0.3 is 0 Å². The molecule has 0 saturated carbocycles. The van der Waals surface area contributed by atoms with E-state index < -0.39 is 0 Å². The van der Waals surface area contributed by atoms with Crippen LogP contribution in [0.5, 0.6) is 5.75 Å². The van der Waals surface area contributed by atoms with Gasteiger partial charge in [0.2, 0.25) is 0 Å². The van der Waals surface area contributed by atoms with E-state index in [1.165, 1.54) is 5.56 Å². The molecule has 20 heavy (non-hydrogen) atoms. The highest BCUT2D eigenvalue weighted by Gasteiger charge is 2.09. The largest absolute Gasteiger partial charge is 0.493 e. The van der Waals surface area contributed by atoms with Gasteiger partial charge in [0.1, 0.15) is 5.75 Å². The van der Waals surface area contributed by atoms with Crippen molar-refractivity contribution < 1.29 is 9.84 Å². The summed E-state index contributed by atoms with van der Waals surface area (Å²) in [5.74, 6) is 0.853. The Hall–Kier alpha value is -1.87. The van der Waals surface area contributed by atoms with Crippen LogP contribution in [-0.4, -0.2) is 16.7 Å². The van der Waals surface area contributed by atoms with Crippen molar-refractivity contribution in [3.8, 4) is 17.0 Å². The number of nitrogens with zero attached hydrogens (tertiary/aromatic N) is 1. The number of hydrogen-bond acceptors (Lipinski definition) is 3. The van der Waals surface area contributed by atoms with Crippen LogP contribution in [0.2, 0.25) is 0 Å². The molecule has 106 valence electrons. The molecule has 1 aromatic carbocycles. The van der Waals surface area contributed by atoms with Crippen LogP contribution in [0, 0.1) is 6.92 Å². The minimum atomic E-state index is 0.0212. The Bertz CT molecular complexity index is 567. The third kappa shape index (κ3) is 3.58. The summed E-state index contributed by atoms with van der Waals surface area (Å²) < 4.78 is 5.86. The quantitative estimate of drug-likeness (QED) is 0.814. The highest BCUT2D eigenvalue weighted by atomic mass is 16.5. The van der Waals surface area contributed by atoms with Crippen molar-refractivity contribution in [3.05, 3.63) is 47.7 Å². The van der Waals surface area contributed by atoms with Crippen molar-refractivity contribution in [1.29, 1.82) is 0 Å². The van der Waals surface area contributed by atoms with Crippen LogP contribution in [0.3, 0.4) is 0 Å². The lowest BCUT2D eigenvalue weighted by molar-refractivity contribution is 0.281. The van der Waals surface area contributed by atoms with Crippen LogP contribution in [0.1, 0.15) is 30.9 Å². The van der Waals surface area contributed by atoms with Crippen LogP contribution in [-0.2, 0) is 6.61 Å². The molecule has 0 aliphatic carbocycles. The van der Waals surface area contributed by atoms with Gasteiger partial charge in [0, 0.05) is 11.8 Å². The van der Waals surface area contributed by atoms with Crippen LogP contribution in [0.4, 0.5) is 0 Å². The summed E-state index contributed by atoms with van der Waals surface area (Å²) in [6.45, 7) is 4.93. The summed E-state index contributed by atoms with van der Waals surface area (Å²) in [6.07, 6.45) is 3.87. The normalized spacial score (nSPS) is 10.6. The third-order valence-electron chi connectivity index (χ3n) is 3.17. The predicted octanol–water partition coefficient (Wildman–Crippen LogP) is 3.73. The van der Waals surface area contributed by atoms with Gasteiger partial charge in [0.25, 0.3) is 0 Å². The van der Waals surface area contributed by atoms with Gasteiger partial charge in [-0.05, 0) is 43.2 Å². The molecule has 1 N–H and O–H groups in total. The fourth-order valence-corrected chi connectivity index (χ4v) is 2.02. The number of hydrogen-bond donors (Lipinski definition) is 1. The van der Waals surface area contributed by atoms with E-state index in [2.05, 4.69) is 24.9 Å². The summed E-state index contributed by atoms with van der Waals surface area (Å²) >= 11 is 0. The molecule has 1 aromatic heterocycles. The maximum absolute atomic E-state index is 9.25. The molecule has 0 atom stereocenters. The number of aliphatic hydroxyl groups excluding tert-OH is 1. The minimum Gasteiger partial charge on any atom is -0.493 e. The molecular weight excluding hydrogens is 250 g/mol. The predicted molar refractivity (Wildman–Crippen MR) is 80.7 cm³/mol. The molecule has 0 unspecified atom stereocenters. The first-order chi connectivity index (χ1) is 9.74. The Morgan fingerprint density at radius 3 is 2.80 bits per heavy atom. The smallest absolute Gasteiger partial charge is 0.128 e. The fourth-order valence-electron chi connectivity index (χ4n) is 2.02. The molecule has 0 amide bonds. The molecular formula is C17H21NO2. The SMILES string of the molecule is CCCCOc1ccc(C)cc1-c1cc(CO)ccn1. The molecule has 0 saturated heterocycles. The first-order valence-electron chi connectivity index (χ1n) is 7.04. The van der Waals surface area contributed by atoms with Crippen molar-refractivity contribution >= 4 is 0 Å². The number of aliphatic hydroxyl groups is 1. The molecule has 2 rings (SSSR count). The van der Waals surface area contributed by atoms with E-state index in [4.69, 9.17) is 4.74 Å². The van der Waals surface area contributed by atoms with E-state index in [9.17, 15) is 5.11 Å². The zero-order chi connectivity index (χ0) is 14.4. The Morgan fingerprint density at radius 2 is 2.05 bits per heavy atom. The molecule has 0 fully saturated rings. The highest BCUT2D eigenvalue weighted by Crippen LogP contribution is 2.30. The first kappa shape index (κ1) is 14.5. The summed E-state index contributed by atoms with van der Waals surface area (Å²) in [7, 11) is 0. The number of benzene rings is 1. The second-order valence-electron chi connectivity index (χ2n) is 4.91. The lowest BCUT2D eigenvalue weighted by atomic mass is 10.1. The Kier molecular flexibility index (Phi) is 5.13. The van der Waals surface area contributed by atoms with Crippen LogP contribution in [0.25, 0.3) is 11.3 Å². The van der Waals surface area contributed by atoms with Gasteiger partial charge in [0.15, 0.2) is 0 Å². The van der Waals surface area contributed by atoms with Gasteiger partial charge in [-0.2, -0.15) is 0 Å². The molecule has 0 spiro atoms. The summed E-state index contributed by atoms with van der Waals surface area (Å²) in [5.41, 5.74) is 3.85. The summed E-state index contributed by atoms with van der Waals surface area (Å²) in [5, 5.41) is 9.25. The summed E-state index contributed by atoms with van der Waals surface area (Å²) in [4.78, 5) is 4.40. The fraction of sp³-hybridized carbons (Fsp3) is 0.353. The van der Waals surface area contributed by atoms with Crippen molar-refractivity contribution in [2.45, 2.75) is 33.3 Å². The van der Waals surface area contributed by atoms with Gasteiger partial charge in [-0.1, -0.05) is 25.0 Å². The topological polar surface area (TPSA) is 42.4 Å². The van der Waals surface area contributed by atoms with Crippen molar-refractivity contribution in [2.24, 2.45) is 0 Å². The average molecular weight is 271 g/mol. The number of aryl methyl sites for hydroxylation is 1. The molecule has 3 nitrogen and oxygen atoms in total. The average Bonchev–Trinajstić information content (AvgIpc) is 2.49. The van der Waals surface area contributed by atoms with E-state index in [0.717, 1.165) is 35.4 Å². The second-order valence-corrected chi connectivity index (χ2v) is 4.91. The molecule has 1 heterocycles. The van der Waals surface area contributed by atoms with Crippen LogP contribution >= 0.6 is 0 Å². The van der Waals surface area contributed by atoms with Crippen molar-refractivity contribution in [1.82, 2.24) is 4.98 Å². The molecule has 0 aliphatic rings. The molecule has 3 heteroatoms. The number of unbranched alkanes of at least 4 members (excludes halogenated alkanes) is 1. The summed E-state index contributed by atoms with van der Waals surface area (Å²) in [6, 6.07) is 9.83. The molecule has 0 bridgehead atoms. The molecule has 0 aliphatic heterocycles. The monoisotopic (exact) mass is 271 g/mol. The number of aromatic nitrogens is 1. The van der Waals surface area contributed by atoms with E-state index in [1.54, 1.807) is 6.20 Å². The lowest BCUT2D eigenvalue weighted by Gasteiger charge is -2.12. The maximum Gasteiger partial charge on any atom is 0.128 e. The molecule has 2 aromatic rings. The van der Waals surface area contributed by atoms with E-state index in [0.29, 0.717) is 6.61 Å². The van der Waals surface area contributed by atoms with Crippen LogP contribution in [0.15, 0.2) is 36.5 Å². The van der Waals surface area contributed by atoms with E-state index in [1.807, 2.05) is 24.3 Å². The lowest BCUT2D eigenvalue weighted by Crippen LogP contribution is -1.99. The molecule has 0 radical (unpaired) electrons. The Morgan fingerprint density at radius 1 is 1.20 bits per heavy atom. The number of rotatable bonds is 6. The van der Waals surface area contributed by atoms with Gasteiger partial charge in [-0.3, -0.25) is 4.98 Å². The first-order valence-corrected chi connectivity index (χ1v) is 7.04. The number of pyridine rings is 1. The Labute approximate surface area is 120 Å². The third-order valence-corrected chi connectivity index (χ3v) is 3.17. The van der Waals surface area contributed by atoms with Crippen LogP contribution < -0.4 is 4.74 Å². The van der Waals surface area contributed by atoms with Gasteiger partial charge < -0.3 is 9.84 Å².